The highest BCUT2D eigenvalue weighted by atomic mass is 16.5. The van der Waals surface area contributed by atoms with E-state index in [-0.39, 0.29) is 5.60 Å². The lowest BCUT2D eigenvalue weighted by molar-refractivity contribution is 0.00855. The smallest absolute Gasteiger partial charge is 0.0637 e. The summed E-state index contributed by atoms with van der Waals surface area (Å²) in [4.78, 5) is 0. The molecule has 0 aliphatic rings. The molecule has 4 nitrogen and oxygen atoms in total. The molecular weight excluding hydrogens is 202 g/mol. The largest absolute Gasteiger partial charge is 0.379 e. The Kier molecular flexibility index (Phi) is 4.96. The molecule has 0 spiro atoms. The van der Waals surface area contributed by atoms with Crippen LogP contribution in [0.15, 0.2) is 18.5 Å². The second-order valence-electron chi connectivity index (χ2n) is 4.79. The van der Waals surface area contributed by atoms with Crippen molar-refractivity contribution in [2.45, 2.75) is 45.4 Å². The van der Waals surface area contributed by atoms with Gasteiger partial charge >= 0.3 is 0 Å². The standard InChI is InChI=1S/C12H23N3O/c1-11(10-12(2,3)16-4)13-7-9-15-8-5-6-14-15/h5-6,8,11,13H,7,9-10H2,1-4H3. The van der Waals surface area contributed by atoms with Crippen LogP contribution in [0.2, 0.25) is 0 Å². The average molecular weight is 225 g/mol. The minimum atomic E-state index is -0.0574. The Bertz CT molecular complexity index is 282. The number of methoxy groups -OCH3 is 1. The Morgan fingerprint density at radius 3 is 2.81 bits per heavy atom. The molecule has 1 rings (SSSR count). The monoisotopic (exact) mass is 225 g/mol. The van der Waals surface area contributed by atoms with Crippen LogP contribution >= 0.6 is 0 Å². The first-order chi connectivity index (χ1) is 7.53. The number of nitrogens with zero attached hydrogens (tertiary/aromatic N) is 2. The van der Waals surface area contributed by atoms with E-state index in [2.05, 4.69) is 31.2 Å². The number of hydrogen-bond donors (Lipinski definition) is 1. The molecule has 4 heteroatoms. The summed E-state index contributed by atoms with van der Waals surface area (Å²) in [5, 5.41) is 7.63. The predicted molar refractivity (Wildman–Crippen MR) is 65.4 cm³/mol. The number of aromatic nitrogens is 2. The fourth-order valence-corrected chi connectivity index (χ4v) is 1.75. The van der Waals surface area contributed by atoms with Crippen molar-refractivity contribution in [2.24, 2.45) is 0 Å². The van der Waals surface area contributed by atoms with E-state index in [1.54, 1.807) is 13.3 Å². The molecule has 0 amide bonds. The summed E-state index contributed by atoms with van der Waals surface area (Å²) < 4.78 is 7.33. The van der Waals surface area contributed by atoms with Gasteiger partial charge in [-0.15, -0.1) is 0 Å². The maximum Gasteiger partial charge on any atom is 0.0637 e. The Balaban J connectivity index is 2.18. The highest BCUT2D eigenvalue weighted by molar-refractivity contribution is 4.78. The van der Waals surface area contributed by atoms with E-state index in [4.69, 9.17) is 4.74 Å². The van der Waals surface area contributed by atoms with Crippen molar-refractivity contribution < 1.29 is 4.74 Å². The summed E-state index contributed by atoms with van der Waals surface area (Å²) >= 11 is 0. The number of nitrogens with one attached hydrogen (secondary N) is 1. The van der Waals surface area contributed by atoms with Gasteiger partial charge in [-0.2, -0.15) is 5.10 Å². The third kappa shape index (κ3) is 4.77. The van der Waals surface area contributed by atoms with E-state index in [1.807, 2.05) is 16.9 Å². The third-order valence-electron chi connectivity index (χ3n) is 2.74. The normalized spacial score (nSPS) is 14.0. The van der Waals surface area contributed by atoms with Gasteiger partial charge in [-0.3, -0.25) is 4.68 Å². The quantitative estimate of drug-likeness (QED) is 0.767. The van der Waals surface area contributed by atoms with Crippen LogP contribution in [0.3, 0.4) is 0 Å². The minimum absolute atomic E-state index is 0.0574. The third-order valence-corrected chi connectivity index (χ3v) is 2.74. The van der Waals surface area contributed by atoms with Gasteiger partial charge in [0.25, 0.3) is 0 Å². The van der Waals surface area contributed by atoms with Crippen molar-refractivity contribution in [1.29, 1.82) is 0 Å². The molecule has 1 unspecified atom stereocenters. The first kappa shape index (κ1) is 13.2. The average Bonchev–Trinajstić information content (AvgIpc) is 2.70. The van der Waals surface area contributed by atoms with Gasteiger partial charge in [0.15, 0.2) is 0 Å². The van der Waals surface area contributed by atoms with Crippen LogP contribution in [0.25, 0.3) is 0 Å². The number of hydrogen-bond acceptors (Lipinski definition) is 3. The van der Waals surface area contributed by atoms with Crippen molar-refractivity contribution in [2.75, 3.05) is 13.7 Å². The highest BCUT2D eigenvalue weighted by Gasteiger charge is 2.19. The SMILES string of the molecule is COC(C)(C)CC(C)NCCn1cccn1. The molecule has 0 fully saturated rings. The predicted octanol–water partition coefficient (Wildman–Crippen LogP) is 1.68. The van der Waals surface area contributed by atoms with E-state index in [0.29, 0.717) is 6.04 Å². The zero-order chi connectivity index (χ0) is 12.0. The van der Waals surface area contributed by atoms with E-state index < -0.39 is 0 Å². The Hall–Kier alpha value is -0.870. The van der Waals surface area contributed by atoms with Gasteiger partial charge in [0.2, 0.25) is 0 Å². The fourth-order valence-electron chi connectivity index (χ4n) is 1.75. The van der Waals surface area contributed by atoms with Gasteiger partial charge in [-0.05, 0) is 33.3 Å². The lowest BCUT2D eigenvalue weighted by Crippen LogP contribution is -2.37. The van der Waals surface area contributed by atoms with E-state index >= 15 is 0 Å². The van der Waals surface area contributed by atoms with Gasteiger partial charge in [0, 0.05) is 32.1 Å². The van der Waals surface area contributed by atoms with Gasteiger partial charge in [0.05, 0.1) is 12.1 Å². The van der Waals surface area contributed by atoms with Crippen LogP contribution < -0.4 is 5.32 Å². The van der Waals surface area contributed by atoms with Crippen molar-refractivity contribution >= 4 is 0 Å². The summed E-state index contributed by atoms with van der Waals surface area (Å²) in [6.45, 7) is 8.24. The molecule has 0 aromatic carbocycles. The second-order valence-corrected chi connectivity index (χ2v) is 4.79. The summed E-state index contributed by atoms with van der Waals surface area (Å²) in [5.41, 5.74) is -0.0574. The molecule has 0 bridgehead atoms. The molecule has 1 aromatic heterocycles. The summed E-state index contributed by atoms with van der Waals surface area (Å²) in [6.07, 6.45) is 4.78. The minimum Gasteiger partial charge on any atom is -0.379 e. The lowest BCUT2D eigenvalue weighted by atomic mass is 10.00. The first-order valence-corrected chi connectivity index (χ1v) is 5.79. The van der Waals surface area contributed by atoms with Gasteiger partial charge in [0.1, 0.15) is 0 Å². The second kappa shape index (κ2) is 6.01. The van der Waals surface area contributed by atoms with Crippen molar-refractivity contribution in [1.82, 2.24) is 15.1 Å². The number of ether oxygens (including phenoxy) is 1. The maximum atomic E-state index is 5.40. The van der Waals surface area contributed by atoms with Crippen molar-refractivity contribution in [3.8, 4) is 0 Å². The molecule has 92 valence electrons. The van der Waals surface area contributed by atoms with Gasteiger partial charge < -0.3 is 10.1 Å². The molecule has 1 heterocycles. The molecule has 0 aliphatic heterocycles. The molecule has 1 aromatic rings. The first-order valence-electron chi connectivity index (χ1n) is 5.79. The zero-order valence-corrected chi connectivity index (χ0v) is 10.7. The molecule has 0 saturated heterocycles. The van der Waals surface area contributed by atoms with E-state index in [1.165, 1.54) is 0 Å². The molecule has 1 N–H and O–H groups in total. The van der Waals surface area contributed by atoms with Crippen LogP contribution in [-0.4, -0.2) is 35.1 Å². The Morgan fingerprint density at radius 2 is 2.25 bits per heavy atom. The van der Waals surface area contributed by atoms with Gasteiger partial charge in [-0.25, -0.2) is 0 Å². The maximum absolute atomic E-state index is 5.40. The lowest BCUT2D eigenvalue weighted by Gasteiger charge is -2.27. The molecule has 16 heavy (non-hydrogen) atoms. The van der Waals surface area contributed by atoms with E-state index in [9.17, 15) is 0 Å². The molecule has 1 atom stereocenters. The van der Waals surface area contributed by atoms with Crippen LogP contribution in [0, 0.1) is 0 Å². The van der Waals surface area contributed by atoms with Crippen molar-refractivity contribution in [3.05, 3.63) is 18.5 Å². The molecule has 0 aliphatic carbocycles. The van der Waals surface area contributed by atoms with E-state index in [0.717, 1.165) is 19.5 Å². The fraction of sp³-hybridized carbons (Fsp3) is 0.750. The Labute approximate surface area is 98.0 Å². The molecular formula is C12H23N3O. The summed E-state index contributed by atoms with van der Waals surface area (Å²) in [7, 11) is 1.76. The molecule has 0 radical (unpaired) electrons. The summed E-state index contributed by atoms with van der Waals surface area (Å²) in [5.74, 6) is 0. The van der Waals surface area contributed by atoms with Crippen molar-refractivity contribution in [3.63, 3.8) is 0 Å². The van der Waals surface area contributed by atoms with Crippen LogP contribution in [0.4, 0.5) is 0 Å². The summed E-state index contributed by atoms with van der Waals surface area (Å²) in [6, 6.07) is 2.39. The zero-order valence-electron chi connectivity index (χ0n) is 10.7. The van der Waals surface area contributed by atoms with Crippen LogP contribution in [0.1, 0.15) is 27.2 Å². The highest BCUT2D eigenvalue weighted by Crippen LogP contribution is 2.14. The molecule has 0 saturated carbocycles. The van der Waals surface area contributed by atoms with Gasteiger partial charge in [-0.1, -0.05) is 0 Å². The van der Waals surface area contributed by atoms with Crippen LogP contribution in [0.5, 0.6) is 0 Å². The van der Waals surface area contributed by atoms with Crippen LogP contribution in [-0.2, 0) is 11.3 Å². The topological polar surface area (TPSA) is 39.1 Å². The number of rotatable bonds is 7. The Morgan fingerprint density at radius 1 is 1.50 bits per heavy atom.